The van der Waals surface area contributed by atoms with Crippen LogP contribution in [0.15, 0.2) is 0 Å². The molecule has 0 aromatic carbocycles. The van der Waals surface area contributed by atoms with Gasteiger partial charge in [0.25, 0.3) is 0 Å². The number of rotatable bonds is 3. The highest BCUT2D eigenvalue weighted by Crippen LogP contribution is 2.48. The molecule has 6 unspecified atom stereocenters. The first-order valence-electron chi connectivity index (χ1n) is 9.55. The average molecular weight is 347 g/mol. The van der Waals surface area contributed by atoms with Crippen LogP contribution in [0.3, 0.4) is 0 Å². The van der Waals surface area contributed by atoms with Crippen LogP contribution in [0.4, 0.5) is 0 Å². The van der Waals surface area contributed by atoms with Crippen molar-refractivity contribution in [2.75, 3.05) is 13.6 Å². The molecule has 1 N–H and O–H groups in total. The molecule has 0 radical (unpaired) electrons. The number of ether oxygens (including phenoxy) is 1. The van der Waals surface area contributed by atoms with Crippen LogP contribution < -0.4 is 5.32 Å². The normalized spacial score (nSPS) is 44.5. The summed E-state index contributed by atoms with van der Waals surface area (Å²) in [5.74, 6) is -1.22. The Morgan fingerprint density at radius 2 is 1.64 bits per heavy atom. The Bertz CT molecular complexity index is 598. The number of likely N-dealkylation sites (tertiary alicyclic amines) is 1. The van der Waals surface area contributed by atoms with E-state index >= 15 is 0 Å². The molecular formula is C18H25N3O4. The Morgan fingerprint density at radius 1 is 1.08 bits per heavy atom. The number of amides is 3. The smallest absolute Gasteiger partial charge is 0.242 e. The molecule has 4 bridgehead atoms. The number of carbonyl (C=O) groups is 3. The summed E-state index contributed by atoms with van der Waals surface area (Å²) < 4.78 is 5.74. The van der Waals surface area contributed by atoms with Crippen LogP contribution in [0.25, 0.3) is 0 Å². The van der Waals surface area contributed by atoms with Gasteiger partial charge >= 0.3 is 0 Å². The van der Waals surface area contributed by atoms with Gasteiger partial charge < -0.3 is 15.0 Å². The van der Waals surface area contributed by atoms with Gasteiger partial charge in [0.1, 0.15) is 6.54 Å². The fourth-order valence-corrected chi connectivity index (χ4v) is 5.72. The summed E-state index contributed by atoms with van der Waals surface area (Å²) in [4.78, 5) is 41.1. The van der Waals surface area contributed by atoms with E-state index in [1.807, 2.05) is 7.05 Å². The topological polar surface area (TPSA) is 79.0 Å². The predicted molar refractivity (Wildman–Crippen MR) is 87.3 cm³/mol. The van der Waals surface area contributed by atoms with Gasteiger partial charge in [-0.2, -0.15) is 0 Å². The molecule has 5 heterocycles. The van der Waals surface area contributed by atoms with Crippen molar-refractivity contribution < 1.29 is 19.1 Å². The lowest BCUT2D eigenvalue weighted by molar-refractivity contribution is -0.149. The molecule has 25 heavy (non-hydrogen) atoms. The predicted octanol–water partition coefficient (Wildman–Crippen LogP) is -0.110. The summed E-state index contributed by atoms with van der Waals surface area (Å²) in [5, 5.41) is 3.57. The van der Waals surface area contributed by atoms with Crippen molar-refractivity contribution >= 4 is 17.7 Å². The van der Waals surface area contributed by atoms with Crippen molar-refractivity contribution in [3.8, 4) is 0 Å². The minimum atomic E-state index is -0.348. The van der Waals surface area contributed by atoms with E-state index in [-0.39, 0.29) is 54.4 Å². The van der Waals surface area contributed by atoms with Gasteiger partial charge in [-0.1, -0.05) is 0 Å². The average Bonchev–Trinajstić information content (AvgIpc) is 3.35. The molecule has 5 saturated heterocycles. The Labute approximate surface area is 147 Å². The zero-order valence-corrected chi connectivity index (χ0v) is 14.5. The number of hydrogen-bond acceptors (Lipinski definition) is 5. The summed E-state index contributed by atoms with van der Waals surface area (Å²) in [7, 11) is 1.82. The Hall–Kier alpha value is -1.47. The van der Waals surface area contributed by atoms with Gasteiger partial charge in [-0.15, -0.1) is 0 Å². The van der Waals surface area contributed by atoms with Crippen molar-refractivity contribution in [3.63, 3.8) is 0 Å². The van der Waals surface area contributed by atoms with Gasteiger partial charge in [-0.25, -0.2) is 0 Å². The van der Waals surface area contributed by atoms with Gasteiger partial charge in [0.05, 0.1) is 24.0 Å². The summed E-state index contributed by atoms with van der Waals surface area (Å²) >= 11 is 0. The quantitative estimate of drug-likeness (QED) is 0.721. The maximum absolute atomic E-state index is 12.7. The number of carbonyl (C=O) groups excluding carboxylic acids is 3. The molecule has 0 spiro atoms. The molecule has 5 aliphatic heterocycles. The molecule has 0 saturated carbocycles. The van der Waals surface area contributed by atoms with Crippen LogP contribution in [0, 0.1) is 11.8 Å². The van der Waals surface area contributed by atoms with Gasteiger partial charge in [0.2, 0.25) is 17.7 Å². The molecule has 7 heteroatoms. The van der Waals surface area contributed by atoms with E-state index in [4.69, 9.17) is 4.74 Å². The third-order valence-electron chi connectivity index (χ3n) is 7.06. The minimum absolute atomic E-state index is 0.111. The number of nitrogens with one attached hydrogen (secondary N) is 1. The molecular weight excluding hydrogens is 322 g/mol. The molecule has 5 aliphatic rings. The Morgan fingerprint density at radius 3 is 2.20 bits per heavy atom. The molecule has 6 atom stereocenters. The lowest BCUT2D eigenvalue weighted by atomic mass is 9.81. The highest BCUT2D eigenvalue weighted by atomic mass is 16.5. The number of imide groups is 1. The van der Waals surface area contributed by atoms with Crippen molar-refractivity contribution in [2.45, 2.75) is 68.9 Å². The van der Waals surface area contributed by atoms with Gasteiger partial charge in [-0.05, 0) is 38.5 Å². The summed E-state index contributed by atoms with van der Waals surface area (Å²) in [6.07, 6.45) is 5.74. The van der Waals surface area contributed by atoms with Gasteiger partial charge in [0, 0.05) is 25.2 Å². The van der Waals surface area contributed by atoms with Crippen LogP contribution in [-0.2, 0) is 19.1 Å². The summed E-state index contributed by atoms with van der Waals surface area (Å²) in [6, 6.07) is 1.21. The van der Waals surface area contributed by atoms with E-state index < -0.39 is 0 Å². The van der Waals surface area contributed by atoms with E-state index in [9.17, 15) is 14.4 Å². The van der Waals surface area contributed by atoms with Crippen molar-refractivity contribution in [3.05, 3.63) is 0 Å². The van der Waals surface area contributed by atoms with E-state index in [1.165, 1.54) is 17.7 Å². The Balaban J connectivity index is 1.26. The van der Waals surface area contributed by atoms with Gasteiger partial charge in [0.15, 0.2) is 0 Å². The number of fused-ring (bicyclic) bond motifs is 7. The van der Waals surface area contributed by atoms with E-state index in [1.54, 1.807) is 4.90 Å². The second-order valence-electron chi connectivity index (χ2n) is 8.37. The van der Waals surface area contributed by atoms with E-state index in [0.717, 1.165) is 25.7 Å². The molecule has 0 aromatic heterocycles. The van der Waals surface area contributed by atoms with Crippen LogP contribution in [0.1, 0.15) is 38.5 Å². The van der Waals surface area contributed by atoms with E-state index in [0.29, 0.717) is 12.1 Å². The second-order valence-corrected chi connectivity index (χ2v) is 8.37. The number of hydrogen-bond donors (Lipinski definition) is 1. The highest BCUT2D eigenvalue weighted by Gasteiger charge is 2.62. The first-order valence-corrected chi connectivity index (χ1v) is 9.55. The summed E-state index contributed by atoms with van der Waals surface area (Å²) in [6.45, 7) is -0.111. The molecule has 5 rings (SSSR count). The van der Waals surface area contributed by atoms with Crippen molar-refractivity contribution in [2.24, 2.45) is 11.8 Å². The fourth-order valence-electron chi connectivity index (χ4n) is 5.72. The number of piperidine rings is 1. The first-order chi connectivity index (χ1) is 12.0. The largest absolute Gasteiger partial charge is 0.373 e. The third-order valence-corrected chi connectivity index (χ3v) is 7.06. The zero-order chi connectivity index (χ0) is 17.3. The van der Waals surface area contributed by atoms with Crippen molar-refractivity contribution in [1.29, 1.82) is 0 Å². The van der Waals surface area contributed by atoms with Gasteiger partial charge in [-0.3, -0.25) is 19.3 Å². The maximum atomic E-state index is 12.7. The highest BCUT2D eigenvalue weighted by molar-refractivity contribution is 6.08. The first kappa shape index (κ1) is 15.8. The van der Waals surface area contributed by atoms with Crippen LogP contribution >= 0.6 is 0 Å². The van der Waals surface area contributed by atoms with Crippen LogP contribution in [-0.4, -0.2) is 71.4 Å². The SMILES string of the molecule is CN(C(=O)CN1C(=O)C2C3CCC(O3)C2C1=O)C1CC2CCC(C1)N2. The Kier molecular flexibility index (Phi) is 3.47. The maximum Gasteiger partial charge on any atom is 0.242 e. The standard InChI is InChI=1S/C18H25N3O4/c1-20(11-6-9-2-3-10(7-11)19-9)14(22)8-21-17(23)15-12-4-5-13(25-12)16(15)18(21)24/h9-13,15-16,19H,2-8H2,1H3. The summed E-state index contributed by atoms with van der Waals surface area (Å²) in [5.41, 5.74) is 0. The molecule has 5 fully saturated rings. The molecule has 136 valence electrons. The molecule has 3 amide bonds. The van der Waals surface area contributed by atoms with Crippen molar-refractivity contribution in [1.82, 2.24) is 15.1 Å². The third kappa shape index (κ3) is 2.28. The fraction of sp³-hybridized carbons (Fsp3) is 0.833. The molecule has 0 aromatic rings. The molecule has 7 nitrogen and oxygen atoms in total. The van der Waals surface area contributed by atoms with E-state index in [2.05, 4.69) is 5.32 Å². The molecule has 0 aliphatic carbocycles. The number of nitrogens with zero attached hydrogens (tertiary/aromatic N) is 2. The lowest BCUT2D eigenvalue weighted by Crippen LogP contribution is -2.51. The number of likely N-dealkylation sites (N-methyl/N-ethyl adjacent to an activating group) is 1. The minimum Gasteiger partial charge on any atom is -0.373 e. The second kappa shape index (κ2) is 5.51. The lowest BCUT2D eigenvalue weighted by Gasteiger charge is -2.36. The van der Waals surface area contributed by atoms with Crippen LogP contribution in [0.5, 0.6) is 0 Å². The monoisotopic (exact) mass is 347 g/mol. The zero-order valence-electron chi connectivity index (χ0n) is 14.5. The van der Waals surface area contributed by atoms with Crippen LogP contribution in [0.2, 0.25) is 0 Å².